The number of hydrogen-bond donors (Lipinski definition) is 0. The summed E-state index contributed by atoms with van der Waals surface area (Å²) in [5.74, 6) is 1.41. The summed E-state index contributed by atoms with van der Waals surface area (Å²) in [6.45, 7) is 4.49. The van der Waals surface area contributed by atoms with Crippen LogP contribution in [0.5, 0.6) is 11.5 Å². The summed E-state index contributed by atoms with van der Waals surface area (Å²) in [4.78, 5) is 17.8. The molecule has 0 amide bonds. The number of ether oxygens (including phenoxy) is 2. The van der Waals surface area contributed by atoms with Crippen LogP contribution in [0.2, 0.25) is 10.0 Å². The van der Waals surface area contributed by atoms with Crippen LogP contribution in [0, 0.1) is 0 Å². The average Bonchev–Trinajstić information content (AvgIpc) is 2.87. The molecule has 0 unspecified atom stereocenters. The lowest BCUT2D eigenvalue weighted by atomic mass is 10.2. The lowest BCUT2D eigenvalue weighted by Crippen LogP contribution is -2.22. The van der Waals surface area contributed by atoms with Crippen molar-refractivity contribution in [1.29, 1.82) is 0 Å². The van der Waals surface area contributed by atoms with Gasteiger partial charge in [-0.15, -0.1) is 0 Å². The highest BCUT2D eigenvalue weighted by atomic mass is 79.9. The van der Waals surface area contributed by atoms with E-state index in [1.54, 1.807) is 30.5 Å². The molecule has 1 heterocycles. The van der Waals surface area contributed by atoms with Crippen molar-refractivity contribution in [3.63, 3.8) is 0 Å². The monoisotopic (exact) mass is 651 g/mol. The molecule has 4 rings (SSSR count). The first-order valence-electron chi connectivity index (χ1n) is 11.1. The molecular formula is C26H21Br2Cl2N3O3. The number of nitrogens with zero attached hydrogens (tertiary/aromatic N) is 3. The minimum absolute atomic E-state index is 0.260. The predicted molar refractivity (Wildman–Crippen MR) is 152 cm³/mol. The fourth-order valence-corrected chi connectivity index (χ4v) is 4.64. The molecule has 0 bridgehead atoms. The Hall–Kier alpha value is -2.39. The van der Waals surface area contributed by atoms with Gasteiger partial charge >= 0.3 is 0 Å². The molecule has 0 spiro atoms. The molecule has 6 nitrogen and oxygen atoms in total. The van der Waals surface area contributed by atoms with E-state index >= 15 is 0 Å². The molecule has 0 radical (unpaired) electrons. The van der Waals surface area contributed by atoms with Crippen molar-refractivity contribution in [2.75, 3.05) is 6.61 Å². The maximum absolute atomic E-state index is 13.2. The van der Waals surface area contributed by atoms with Crippen LogP contribution in [0.15, 0.2) is 67.4 Å². The Morgan fingerprint density at radius 3 is 2.50 bits per heavy atom. The van der Waals surface area contributed by atoms with Crippen LogP contribution in [-0.4, -0.2) is 22.5 Å². The molecule has 10 heteroatoms. The second-order valence-electron chi connectivity index (χ2n) is 7.67. The topological polar surface area (TPSA) is 65.7 Å². The van der Waals surface area contributed by atoms with Gasteiger partial charge in [-0.2, -0.15) is 9.78 Å². The number of aryl methyl sites for hydroxylation is 1. The average molecular weight is 654 g/mol. The second kappa shape index (κ2) is 11.8. The molecule has 0 saturated carbocycles. The maximum Gasteiger partial charge on any atom is 0.282 e. The number of aromatic nitrogens is 2. The minimum Gasteiger partial charge on any atom is -0.490 e. The highest BCUT2D eigenvalue weighted by molar-refractivity contribution is 9.10. The largest absolute Gasteiger partial charge is 0.490 e. The molecule has 36 heavy (non-hydrogen) atoms. The van der Waals surface area contributed by atoms with Crippen molar-refractivity contribution in [3.05, 3.63) is 94.8 Å². The van der Waals surface area contributed by atoms with Gasteiger partial charge < -0.3 is 9.47 Å². The number of halogens is 4. The van der Waals surface area contributed by atoms with Crippen LogP contribution < -0.4 is 15.0 Å². The third-order valence-electron chi connectivity index (χ3n) is 5.26. The molecule has 0 saturated heterocycles. The Labute approximate surface area is 235 Å². The van der Waals surface area contributed by atoms with Gasteiger partial charge in [-0.05, 0) is 64.8 Å². The van der Waals surface area contributed by atoms with E-state index < -0.39 is 0 Å². The molecule has 1 aromatic heterocycles. The lowest BCUT2D eigenvalue weighted by Gasteiger charge is -2.16. The van der Waals surface area contributed by atoms with Crippen LogP contribution in [-0.2, 0) is 13.0 Å². The van der Waals surface area contributed by atoms with Gasteiger partial charge in [-0.3, -0.25) is 4.79 Å². The highest BCUT2D eigenvalue weighted by Gasteiger charge is 2.18. The summed E-state index contributed by atoms with van der Waals surface area (Å²) in [6.07, 6.45) is 2.08. The Morgan fingerprint density at radius 2 is 1.81 bits per heavy atom. The first kappa shape index (κ1) is 26.7. The number of fused-ring (bicyclic) bond motifs is 1. The molecule has 0 aliphatic carbocycles. The number of benzene rings is 3. The Kier molecular flexibility index (Phi) is 8.72. The third-order valence-corrected chi connectivity index (χ3v) is 7.44. The van der Waals surface area contributed by atoms with Crippen molar-refractivity contribution in [2.45, 2.75) is 26.9 Å². The Morgan fingerprint density at radius 1 is 1.06 bits per heavy atom. The summed E-state index contributed by atoms with van der Waals surface area (Å²) >= 11 is 19.6. The normalized spacial score (nSPS) is 11.4. The second-order valence-corrected chi connectivity index (χ2v) is 10.2. The van der Waals surface area contributed by atoms with Gasteiger partial charge in [-0.1, -0.05) is 58.2 Å². The van der Waals surface area contributed by atoms with Crippen LogP contribution >= 0.6 is 55.1 Å². The zero-order valence-electron chi connectivity index (χ0n) is 19.4. The number of hydrogen-bond acceptors (Lipinski definition) is 5. The van der Waals surface area contributed by atoms with E-state index in [1.165, 1.54) is 4.68 Å². The van der Waals surface area contributed by atoms with Crippen molar-refractivity contribution in [1.82, 2.24) is 9.66 Å². The van der Waals surface area contributed by atoms with Gasteiger partial charge in [0.2, 0.25) is 0 Å². The smallest absolute Gasteiger partial charge is 0.282 e. The van der Waals surface area contributed by atoms with E-state index in [0.29, 0.717) is 61.3 Å². The van der Waals surface area contributed by atoms with Gasteiger partial charge in [0.1, 0.15) is 17.5 Å². The van der Waals surface area contributed by atoms with Gasteiger partial charge in [0.05, 0.1) is 23.7 Å². The van der Waals surface area contributed by atoms with E-state index in [0.717, 1.165) is 10.0 Å². The van der Waals surface area contributed by atoms with E-state index in [-0.39, 0.29) is 12.2 Å². The van der Waals surface area contributed by atoms with Gasteiger partial charge in [-0.25, -0.2) is 4.98 Å². The maximum atomic E-state index is 13.2. The molecular weight excluding hydrogens is 633 g/mol. The van der Waals surface area contributed by atoms with Crippen molar-refractivity contribution in [3.8, 4) is 11.5 Å². The molecule has 0 atom stereocenters. The van der Waals surface area contributed by atoms with Crippen molar-refractivity contribution >= 4 is 72.2 Å². The molecule has 4 aromatic rings. The Balaban J connectivity index is 1.72. The van der Waals surface area contributed by atoms with E-state index in [4.69, 9.17) is 32.7 Å². The SMILES string of the molecule is CCOc1cc(C=Nn2c(CC)nc3ccc(Br)cc3c2=O)c(Br)c(Cl)c1OCc1ccc(Cl)cc1. The zero-order valence-corrected chi connectivity index (χ0v) is 24.1. The van der Waals surface area contributed by atoms with Crippen LogP contribution in [0.25, 0.3) is 10.9 Å². The van der Waals surface area contributed by atoms with Crippen molar-refractivity contribution in [2.24, 2.45) is 5.10 Å². The first-order chi connectivity index (χ1) is 17.3. The van der Waals surface area contributed by atoms with E-state index in [2.05, 4.69) is 41.9 Å². The molecule has 0 N–H and O–H groups in total. The van der Waals surface area contributed by atoms with Crippen LogP contribution in [0.4, 0.5) is 0 Å². The van der Waals surface area contributed by atoms with Crippen LogP contribution in [0.3, 0.4) is 0 Å². The summed E-state index contributed by atoms with van der Waals surface area (Å²) in [5.41, 5.74) is 1.91. The fourth-order valence-electron chi connectivity index (χ4n) is 3.49. The minimum atomic E-state index is -0.260. The highest BCUT2D eigenvalue weighted by Crippen LogP contribution is 2.42. The lowest BCUT2D eigenvalue weighted by molar-refractivity contribution is 0.269. The summed E-state index contributed by atoms with van der Waals surface area (Å²) in [5, 5.41) is 5.92. The van der Waals surface area contributed by atoms with Gasteiger partial charge in [0.25, 0.3) is 5.56 Å². The molecule has 0 fully saturated rings. The van der Waals surface area contributed by atoms with Crippen molar-refractivity contribution < 1.29 is 9.47 Å². The predicted octanol–water partition coefficient (Wildman–Crippen LogP) is 7.65. The fraction of sp³-hybridized carbons (Fsp3) is 0.192. The summed E-state index contributed by atoms with van der Waals surface area (Å²) < 4.78 is 14.5. The van der Waals surface area contributed by atoms with Crippen LogP contribution in [0.1, 0.15) is 30.8 Å². The quantitative estimate of drug-likeness (QED) is 0.183. The Bertz CT molecular complexity index is 1510. The van der Waals surface area contributed by atoms with Gasteiger partial charge in [0, 0.05) is 26.0 Å². The standard InChI is InChI=1S/C26H21Br2Cl2N3O3/c1-3-22-32-20-10-7-17(27)12-19(20)26(34)33(22)31-13-16-11-21(35-4-2)25(24(30)23(16)28)36-14-15-5-8-18(29)9-6-15/h5-13H,3-4,14H2,1-2H3. The van der Waals surface area contributed by atoms with E-state index in [9.17, 15) is 4.79 Å². The summed E-state index contributed by atoms with van der Waals surface area (Å²) in [6, 6.07) is 14.5. The zero-order chi connectivity index (χ0) is 25.8. The molecule has 186 valence electrons. The van der Waals surface area contributed by atoms with Gasteiger partial charge in [0.15, 0.2) is 11.5 Å². The summed E-state index contributed by atoms with van der Waals surface area (Å²) in [7, 11) is 0. The first-order valence-corrected chi connectivity index (χ1v) is 13.4. The third kappa shape index (κ3) is 5.78. The molecule has 3 aromatic carbocycles. The number of rotatable bonds is 8. The molecule has 0 aliphatic heterocycles. The molecule has 0 aliphatic rings. The van der Waals surface area contributed by atoms with E-state index in [1.807, 2.05) is 38.1 Å².